The van der Waals surface area contributed by atoms with Crippen LogP contribution in [0, 0.1) is 0 Å². The number of hydrogen-bond donors (Lipinski definition) is 2. The van der Waals surface area contributed by atoms with Crippen LogP contribution in [0.5, 0.6) is 5.75 Å². The summed E-state index contributed by atoms with van der Waals surface area (Å²) < 4.78 is 11.7. The molecule has 0 spiro atoms. The van der Waals surface area contributed by atoms with Gasteiger partial charge in [0.25, 0.3) is 0 Å². The van der Waals surface area contributed by atoms with E-state index in [1.165, 1.54) is 0 Å². The van der Waals surface area contributed by atoms with Gasteiger partial charge in [-0.15, -0.1) is 0 Å². The highest BCUT2D eigenvalue weighted by Gasteiger charge is 2.52. The summed E-state index contributed by atoms with van der Waals surface area (Å²) in [6.45, 7) is 7.91. The topological polar surface area (TPSA) is 64.7 Å². The predicted octanol–water partition coefficient (Wildman–Crippen LogP) is 1.27. The minimum Gasteiger partial charge on any atom is -0.506 e. The number of hydrogen-bond acceptors (Lipinski definition) is 4. The van der Waals surface area contributed by atoms with Crippen LogP contribution in [-0.4, -0.2) is 23.4 Å². The van der Waals surface area contributed by atoms with Gasteiger partial charge in [-0.2, -0.15) is 0 Å². The van der Waals surface area contributed by atoms with Crippen molar-refractivity contribution in [3.63, 3.8) is 0 Å². The standard InChI is InChI=1S/C12H18BNO3/c1-11(2)12(3,4)17-13(16-11)8-6-5-7-9(15)10(8)14/h5-7,15H,14H2,1-4H3. The molecule has 1 aliphatic heterocycles. The van der Waals surface area contributed by atoms with Crippen molar-refractivity contribution < 1.29 is 14.4 Å². The number of nitrogen functional groups attached to an aromatic ring is 1. The number of benzene rings is 1. The fourth-order valence-electron chi connectivity index (χ4n) is 1.75. The predicted molar refractivity (Wildman–Crippen MR) is 68.2 cm³/mol. The molecular formula is C12H18BNO3. The van der Waals surface area contributed by atoms with Gasteiger partial charge in [0.05, 0.1) is 16.9 Å². The van der Waals surface area contributed by atoms with E-state index in [9.17, 15) is 5.11 Å². The molecule has 0 amide bonds. The summed E-state index contributed by atoms with van der Waals surface area (Å²) in [4.78, 5) is 0. The molecule has 1 saturated heterocycles. The van der Waals surface area contributed by atoms with E-state index in [2.05, 4.69) is 0 Å². The van der Waals surface area contributed by atoms with E-state index in [0.29, 0.717) is 11.2 Å². The minimum atomic E-state index is -0.535. The lowest BCUT2D eigenvalue weighted by Crippen LogP contribution is -2.41. The first-order valence-corrected chi connectivity index (χ1v) is 5.67. The summed E-state index contributed by atoms with van der Waals surface area (Å²) in [6, 6.07) is 5.08. The highest BCUT2D eigenvalue weighted by Crippen LogP contribution is 2.37. The van der Waals surface area contributed by atoms with E-state index >= 15 is 0 Å². The van der Waals surface area contributed by atoms with Crippen molar-refractivity contribution in [2.45, 2.75) is 38.9 Å². The zero-order valence-corrected chi connectivity index (χ0v) is 10.7. The molecule has 3 N–H and O–H groups in total. The van der Waals surface area contributed by atoms with E-state index < -0.39 is 18.3 Å². The quantitative estimate of drug-likeness (QED) is 0.437. The van der Waals surface area contributed by atoms with Crippen LogP contribution in [0.25, 0.3) is 0 Å². The normalized spacial score (nSPS) is 21.8. The number of phenols is 1. The molecule has 1 aromatic carbocycles. The highest BCUT2D eigenvalue weighted by molar-refractivity contribution is 6.64. The molecule has 4 nitrogen and oxygen atoms in total. The molecule has 2 rings (SSSR count). The smallest absolute Gasteiger partial charge is 0.497 e. The van der Waals surface area contributed by atoms with Crippen molar-refractivity contribution >= 4 is 18.3 Å². The summed E-state index contributed by atoms with van der Waals surface area (Å²) in [5.74, 6) is 0.0530. The zero-order chi connectivity index (χ0) is 12.8. The Morgan fingerprint density at radius 2 is 1.65 bits per heavy atom. The summed E-state index contributed by atoms with van der Waals surface area (Å²) >= 11 is 0. The first-order chi connectivity index (χ1) is 7.74. The van der Waals surface area contributed by atoms with E-state index in [1.54, 1.807) is 18.2 Å². The lowest BCUT2D eigenvalue weighted by molar-refractivity contribution is 0.00578. The molecule has 92 valence electrons. The number of anilines is 1. The molecule has 1 aliphatic rings. The Bertz CT molecular complexity index is 429. The summed E-state index contributed by atoms with van der Waals surface area (Å²) in [7, 11) is -0.535. The molecule has 0 saturated carbocycles. The fraction of sp³-hybridized carbons (Fsp3) is 0.500. The van der Waals surface area contributed by atoms with Crippen LogP contribution in [-0.2, 0) is 9.31 Å². The van der Waals surface area contributed by atoms with E-state index in [0.717, 1.165) is 0 Å². The average Bonchev–Trinajstić information content (AvgIpc) is 2.40. The lowest BCUT2D eigenvalue weighted by Gasteiger charge is -2.32. The molecule has 1 heterocycles. The van der Waals surface area contributed by atoms with Crippen molar-refractivity contribution in [1.29, 1.82) is 0 Å². The van der Waals surface area contributed by atoms with Gasteiger partial charge in [-0.25, -0.2) is 0 Å². The third-order valence-corrected chi connectivity index (χ3v) is 3.62. The van der Waals surface area contributed by atoms with Crippen molar-refractivity contribution in [3.8, 4) is 5.75 Å². The second-order valence-corrected chi connectivity index (χ2v) is 5.37. The van der Waals surface area contributed by atoms with Gasteiger partial charge in [0.2, 0.25) is 0 Å². The fourth-order valence-corrected chi connectivity index (χ4v) is 1.75. The molecular weight excluding hydrogens is 217 g/mol. The van der Waals surface area contributed by atoms with E-state index in [-0.39, 0.29) is 5.75 Å². The largest absolute Gasteiger partial charge is 0.506 e. The summed E-state index contributed by atoms with van der Waals surface area (Å²) in [6.07, 6.45) is 0. The van der Waals surface area contributed by atoms with Gasteiger partial charge in [0.1, 0.15) is 5.75 Å². The van der Waals surface area contributed by atoms with Crippen molar-refractivity contribution in [3.05, 3.63) is 18.2 Å². The Labute approximate surface area is 102 Å². The Kier molecular flexibility index (Phi) is 2.63. The molecule has 0 bridgehead atoms. The van der Waals surface area contributed by atoms with E-state index in [4.69, 9.17) is 15.0 Å². The van der Waals surface area contributed by atoms with Crippen LogP contribution in [0.1, 0.15) is 27.7 Å². The number of rotatable bonds is 1. The van der Waals surface area contributed by atoms with Gasteiger partial charge in [-0.1, -0.05) is 12.1 Å². The molecule has 17 heavy (non-hydrogen) atoms. The Balaban J connectivity index is 2.36. The molecule has 0 radical (unpaired) electrons. The van der Waals surface area contributed by atoms with Gasteiger partial charge in [0, 0.05) is 5.46 Å². The van der Waals surface area contributed by atoms with Gasteiger partial charge >= 0.3 is 7.12 Å². The number of nitrogens with two attached hydrogens (primary N) is 1. The van der Waals surface area contributed by atoms with Crippen LogP contribution in [0.4, 0.5) is 5.69 Å². The third-order valence-electron chi connectivity index (χ3n) is 3.62. The van der Waals surface area contributed by atoms with Gasteiger partial charge in [-0.05, 0) is 33.8 Å². The average molecular weight is 235 g/mol. The molecule has 0 aliphatic carbocycles. The summed E-state index contributed by atoms with van der Waals surface area (Å²) in [5, 5.41) is 9.58. The van der Waals surface area contributed by atoms with Crippen molar-refractivity contribution in [2.24, 2.45) is 0 Å². The highest BCUT2D eigenvalue weighted by atomic mass is 16.7. The molecule has 0 aromatic heterocycles. The lowest BCUT2D eigenvalue weighted by atomic mass is 9.78. The third kappa shape index (κ3) is 1.89. The number of phenolic OH excluding ortho intramolecular Hbond substituents is 1. The number of aromatic hydroxyl groups is 1. The molecule has 5 heteroatoms. The van der Waals surface area contributed by atoms with Crippen molar-refractivity contribution in [2.75, 3.05) is 5.73 Å². The van der Waals surface area contributed by atoms with Crippen LogP contribution in [0.3, 0.4) is 0 Å². The Hall–Kier alpha value is -1.20. The van der Waals surface area contributed by atoms with Gasteiger partial charge in [-0.3, -0.25) is 0 Å². The summed E-state index contributed by atoms with van der Waals surface area (Å²) in [5.41, 5.74) is 6.00. The van der Waals surface area contributed by atoms with Gasteiger partial charge < -0.3 is 20.1 Å². The Morgan fingerprint density at radius 3 is 2.18 bits per heavy atom. The van der Waals surface area contributed by atoms with Crippen molar-refractivity contribution in [1.82, 2.24) is 0 Å². The monoisotopic (exact) mass is 235 g/mol. The maximum Gasteiger partial charge on any atom is 0.497 e. The molecule has 0 atom stereocenters. The van der Waals surface area contributed by atoms with Crippen LogP contribution < -0.4 is 11.2 Å². The second kappa shape index (κ2) is 3.65. The molecule has 1 aromatic rings. The van der Waals surface area contributed by atoms with Crippen LogP contribution in [0.15, 0.2) is 18.2 Å². The second-order valence-electron chi connectivity index (χ2n) is 5.37. The Morgan fingerprint density at radius 1 is 1.12 bits per heavy atom. The minimum absolute atomic E-state index is 0.0530. The SMILES string of the molecule is CC1(C)OB(c2cccc(O)c2N)OC1(C)C. The molecule has 0 unspecified atom stereocenters. The first-order valence-electron chi connectivity index (χ1n) is 5.67. The maximum atomic E-state index is 9.58. The first kappa shape index (κ1) is 12.3. The van der Waals surface area contributed by atoms with Crippen LogP contribution in [0.2, 0.25) is 0 Å². The van der Waals surface area contributed by atoms with E-state index in [1.807, 2.05) is 27.7 Å². The zero-order valence-electron chi connectivity index (χ0n) is 10.7. The van der Waals surface area contributed by atoms with Gasteiger partial charge in [0.15, 0.2) is 0 Å². The van der Waals surface area contributed by atoms with Crippen LogP contribution >= 0.6 is 0 Å². The molecule has 1 fully saturated rings. The maximum absolute atomic E-state index is 9.58. The number of para-hydroxylation sites is 1.